The van der Waals surface area contributed by atoms with Crippen molar-refractivity contribution >= 4 is 5.78 Å². The second-order valence-electron chi connectivity index (χ2n) is 5.13. The van der Waals surface area contributed by atoms with E-state index in [-0.39, 0.29) is 11.6 Å². The van der Waals surface area contributed by atoms with Gasteiger partial charge in [0.1, 0.15) is 5.82 Å². The molecule has 0 saturated heterocycles. The zero-order valence-electron chi connectivity index (χ0n) is 10.9. The summed E-state index contributed by atoms with van der Waals surface area (Å²) in [5, 5.41) is 0. The SMILES string of the molecule is Cc1cc(F)ccc1C(=O)c1ccc2c(c1)CCC2. The van der Waals surface area contributed by atoms with Crippen LogP contribution in [0.2, 0.25) is 0 Å². The average molecular weight is 254 g/mol. The van der Waals surface area contributed by atoms with E-state index in [4.69, 9.17) is 0 Å². The van der Waals surface area contributed by atoms with E-state index in [0.717, 1.165) is 12.8 Å². The van der Waals surface area contributed by atoms with Crippen LogP contribution in [-0.4, -0.2) is 5.78 Å². The molecule has 0 bridgehead atoms. The molecule has 0 saturated carbocycles. The van der Waals surface area contributed by atoms with Crippen LogP contribution in [0.15, 0.2) is 36.4 Å². The number of hydrogen-bond acceptors (Lipinski definition) is 1. The van der Waals surface area contributed by atoms with E-state index >= 15 is 0 Å². The minimum absolute atomic E-state index is 0.0211. The minimum Gasteiger partial charge on any atom is -0.289 e. The lowest BCUT2D eigenvalue weighted by Crippen LogP contribution is -2.04. The molecule has 0 spiro atoms. The number of carbonyl (C=O) groups excluding carboxylic acids is 1. The number of aryl methyl sites for hydroxylation is 3. The largest absolute Gasteiger partial charge is 0.289 e. The van der Waals surface area contributed by atoms with Gasteiger partial charge in [-0.3, -0.25) is 4.79 Å². The van der Waals surface area contributed by atoms with E-state index in [2.05, 4.69) is 6.07 Å². The maximum absolute atomic E-state index is 13.1. The zero-order valence-corrected chi connectivity index (χ0v) is 10.9. The van der Waals surface area contributed by atoms with E-state index in [9.17, 15) is 9.18 Å². The Bertz CT molecular complexity index is 658. The predicted octanol–water partition coefficient (Wildman–Crippen LogP) is 3.85. The van der Waals surface area contributed by atoms with Gasteiger partial charge in [0.15, 0.2) is 5.78 Å². The number of ketones is 1. The van der Waals surface area contributed by atoms with E-state index < -0.39 is 0 Å². The van der Waals surface area contributed by atoms with Crippen molar-refractivity contribution in [3.05, 3.63) is 70.0 Å². The van der Waals surface area contributed by atoms with Crippen molar-refractivity contribution in [2.45, 2.75) is 26.2 Å². The van der Waals surface area contributed by atoms with Crippen molar-refractivity contribution in [2.75, 3.05) is 0 Å². The molecule has 0 aliphatic heterocycles. The standard InChI is InChI=1S/C17H15FO/c1-11-9-15(18)7-8-16(11)17(19)14-6-5-12-3-2-4-13(12)10-14/h5-10H,2-4H2,1H3. The molecule has 0 amide bonds. The second-order valence-corrected chi connectivity index (χ2v) is 5.13. The molecule has 0 atom stereocenters. The lowest BCUT2D eigenvalue weighted by atomic mass is 9.96. The Morgan fingerprint density at radius 2 is 1.84 bits per heavy atom. The van der Waals surface area contributed by atoms with Gasteiger partial charge in [-0.1, -0.05) is 12.1 Å². The van der Waals surface area contributed by atoms with Gasteiger partial charge >= 0.3 is 0 Å². The molecule has 0 radical (unpaired) electrons. The molecule has 0 fully saturated rings. The molecule has 0 unspecified atom stereocenters. The van der Waals surface area contributed by atoms with E-state index in [1.807, 2.05) is 12.1 Å². The molecule has 3 rings (SSSR count). The molecule has 1 nitrogen and oxygen atoms in total. The van der Waals surface area contributed by atoms with Gasteiger partial charge in [-0.25, -0.2) is 4.39 Å². The normalized spacial score (nSPS) is 13.4. The second kappa shape index (κ2) is 4.61. The molecule has 1 aliphatic rings. The highest BCUT2D eigenvalue weighted by molar-refractivity contribution is 6.10. The summed E-state index contributed by atoms with van der Waals surface area (Å²) in [4.78, 5) is 12.5. The Hall–Kier alpha value is -1.96. The van der Waals surface area contributed by atoms with Gasteiger partial charge in [0.25, 0.3) is 0 Å². The van der Waals surface area contributed by atoms with Crippen LogP contribution in [0.4, 0.5) is 4.39 Å². The number of carbonyl (C=O) groups is 1. The lowest BCUT2D eigenvalue weighted by molar-refractivity contribution is 0.103. The van der Waals surface area contributed by atoms with Crippen molar-refractivity contribution in [3.63, 3.8) is 0 Å². The molecular weight excluding hydrogens is 239 g/mol. The first-order valence-electron chi connectivity index (χ1n) is 6.58. The van der Waals surface area contributed by atoms with Crippen LogP contribution in [-0.2, 0) is 12.8 Å². The van der Waals surface area contributed by atoms with Gasteiger partial charge in [-0.05, 0) is 67.1 Å². The number of hydrogen-bond donors (Lipinski definition) is 0. The van der Waals surface area contributed by atoms with Gasteiger partial charge in [0.2, 0.25) is 0 Å². The highest BCUT2D eigenvalue weighted by Crippen LogP contribution is 2.24. The van der Waals surface area contributed by atoms with Crippen molar-refractivity contribution in [1.82, 2.24) is 0 Å². The quantitative estimate of drug-likeness (QED) is 0.744. The van der Waals surface area contributed by atoms with Crippen LogP contribution in [0.25, 0.3) is 0 Å². The molecule has 19 heavy (non-hydrogen) atoms. The molecule has 1 aliphatic carbocycles. The van der Waals surface area contributed by atoms with Gasteiger partial charge in [-0.15, -0.1) is 0 Å². The molecule has 96 valence electrons. The number of halogens is 1. The molecule has 0 aromatic heterocycles. The third-order valence-corrected chi connectivity index (χ3v) is 3.79. The monoisotopic (exact) mass is 254 g/mol. The Balaban J connectivity index is 2.00. The van der Waals surface area contributed by atoms with Crippen molar-refractivity contribution in [2.24, 2.45) is 0 Å². The van der Waals surface area contributed by atoms with Crippen LogP contribution in [0.3, 0.4) is 0 Å². The summed E-state index contributed by atoms with van der Waals surface area (Å²) in [6, 6.07) is 10.2. The summed E-state index contributed by atoms with van der Waals surface area (Å²) >= 11 is 0. The molecule has 2 heteroatoms. The summed E-state index contributed by atoms with van der Waals surface area (Å²) in [6.45, 7) is 1.77. The van der Waals surface area contributed by atoms with Gasteiger partial charge in [-0.2, -0.15) is 0 Å². The van der Waals surface area contributed by atoms with E-state index in [0.29, 0.717) is 16.7 Å². The zero-order chi connectivity index (χ0) is 13.4. The Morgan fingerprint density at radius 3 is 2.63 bits per heavy atom. The van der Waals surface area contributed by atoms with Crippen molar-refractivity contribution in [1.29, 1.82) is 0 Å². The Morgan fingerprint density at radius 1 is 1.05 bits per heavy atom. The number of rotatable bonds is 2. The summed E-state index contributed by atoms with van der Waals surface area (Å²) < 4.78 is 13.1. The third-order valence-electron chi connectivity index (χ3n) is 3.79. The topological polar surface area (TPSA) is 17.1 Å². The van der Waals surface area contributed by atoms with Crippen molar-refractivity contribution < 1.29 is 9.18 Å². The van der Waals surface area contributed by atoms with Crippen LogP contribution < -0.4 is 0 Å². The molecule has 0 N–H and O–H groups in total. The summed E-state index contributed by atoms with van der Waals surface area (Å²) in [7, 11) is 0. The fourth-order valence-electron chi connectivity index (χ4n) is 2.75. The fraction of sp³-hybridized carbons (Fsp3) is 0.235. The molecule has 2 aromatic carbocycles. The van der Waals surface area contributed by atoms with Crippen molar-refractivity contribution in [3.8, 4) is 0 Å². The van der Waals surface area contributed by atoms with Gasteiger partial charge in [0, 0.05) is 11.1 Å². The van der Waals surface area contributed by atoms with Crippen LogP contribution >= 0.6 is 0 Å². The lowest BCUT2D eigenvalue weighted by Gasteiger charge is -2.07. The third kappa shape index (κ3) is 2.19. The van der Waals surface area contributed by atoms with Crippen LogP contribution in [0.1, 0.15) is 39.0 Å². The predicted molar refractivity (Wildman–Crippen MR) is 73.0 cm³/mol. The molecular formula is C17H15FO. The maximum Gasteiger partial charge on any atom is 0.193 e. The average Bonchev–Trinajstić information content (AvgIpc) is 2.85. The first-order valence-corrected chi connectivity index (χ1v) is 6.58. The van der Waals surface area contributed by atoms with Gasteiger partial charge < -0.3 is 0 Å². The summed E-state index contributed by atoms with van der Waals surface area (Å²) in [5.41, 5.74) is 4.61. The number of fused-ring (bicyclic) bond motifs is 1. The van der Waals surface area contributed by atoms with Crippen LogP contribution in [0, 0.1) is 12.7 Å². The van der Waals surface area contributed by atoms with E-state index in [1.165, 1.54) is 29.7 Å². The first-order chi connectivity index (χ1) is 9.15. The minimum atomic E-state index is -0.303. The Kier molecular flexibility index (Phi) is 2.94. The number of benzene rings is 2. The summed E-state index contributed by atoms with van der Waals surface area (Å²) in [6.07, 6.45) is 3.33. The summed E-state index contributed by atoms with van der Waals surface area (Å²) in [5.74, 6) is -0.324. The fourth-order valence-corrected chi connectivity index (χ4v) is 2.75. The molecule has 2 aromatic rings. The van der Waals surface area contributed by atoms with Crippen LogP contribution in [0.5, 0.6) is 0 Å². The molecule has 0 heterocycles. The van der Waals surface area contributed by atoms with Gasteiger partial charge in [0.05, 0.1) is 0 Å². The smallest absolute Gasteiger partial charge is 0.193 e. The highest BCUT2D eigenvalue weighted by Gasteiger charge is 2.16. The maximum atomic E-state index is 13.1. The van der Waals surface area contributed by atoms with E-state index in [1.54, 1.807) is 13.0 Å². The Labute approximate surface area is 112 Å². The first kappa shape index (κ1) is 12.1. The highest BCUT2D eigenvalue weighted by atomic mass is 19.1.